The molecule has 1 aliphatic rings. The third-order valence-corrected chi connectivity index (χ3v) is 6.22. The molecule has 4 N–H and O–H groups in total. The number of benzene rings is 2. The van der Waals surface area contributed by atoms with Crippen LogP contribution in [0.2, 0.25) is 0 Å². The van der Waals surface area contributed by atoms with Crippen molar-refractivity contribution in [1.82, 2.24) is 15.0 Å². The number of nitrogens with one attached hydrogen (secondary N) is 1. The van der Waals surface area contributed by atoms with Crippen LogP contribution in [0, 0.1) is 17.1 Å². The summed E-state index contributed by atoms with van der Waals surface area (Å²) >= 11 is 0. The van der Waals surface area contributed by atoms with E-state index < -0.39 is 5.82 Å². The van der Waals surface area contributed by atoms with Crippen molar-refractivity contribution in [2.75, 3.05) is 25.1 Å². The molecule has 0 radical (unpaired) electrons. The summed E-state index contributed by atoms with van der Waals surface area (Å²) in [5, 5.41) is 19.6. The molecule has 35 heavy (non-hydrogen) atoms. The standard InChI is InChI=1S/C25H23FN6O2.ClH/c1-34-20-5-4-14(11-19(20)33)21-22(15-2-3-16(12-27)18(26)10-15)31-25(24-23(21)29-13-30-24)32-8-6-17(28)7-9-32;/h2-5,10-11,13,17,33H,6-9,28H2,1H3,(H,29,30);1H. The van der Waals surface area contributed by atoms with E-state index in [-0.39, 0.29) is 29.8 Å². The summed E-state index contributed by atoms with van der Waals surface area (Å²) in [5.74, 6) is 0.385. The number of anilines is 1. The van der Waals surface area contributed by atoms with Gasteiger partial charge in [-0.25, -0.2) is 14.4 Å². The number of halogens is 2. The van der Waals surface area contributed by atoms with Gasteiger partial charge in [0.05, 0.1) is 24.7 Å². The molecule has 10 heteroatoms. The Morgan fingerprint density at radius 2 is 1.94 bits per heavy atom. The molecule has 0 aliphatic carbocycles. The second-order valence-electron chi connectivity index (χ2n) is 8.30. The van der Waals surface area contributed by atoms with E-state index in [1.807, 2.05) is 6.07 Å². The first kappa shape index (κ1) is 24.3. The molecular weight excluding hydrogens is 471 g/mol. The number of piperidine rings is 1. The molecule has 0 bridgehead atoms. The Kier molecular flexibility index (Phi) is 6.78. The summed E-state index contributed by atoms with van der Waals surface area (Å²) in [6.45, 7) is 1.48. The van der Waals surface area contributed by atoms with Crippen molar-refractivity contribution in [3.8, 4) is 40.0 Å². The van der Waals surface area contributed by atoms with Crippen molar-refractivity contribution in [2.24, 2.45) is 5.73 Å². The van der Waals surface area contributed by atoms with Gasteiger partial charge in [0.2, 0.25) is 0 Å². The van der Waals surface area contributed by atoms with Gasteiger partial charge in [-0.3, -0.25) is 0 Å². The molecule has 8 nitrogen and oxygen atoms in total. The number of phenolic OH excluding ortho intramolecular Hbond substituents is 1. The Bertz CT molecular complexity index is 1430. The minimum Gasteiger partial charge on any atom is -0.504 e. The zero-order valence-corrected chi connectivity index (χ0v) is 19.8. The van der Waals surface area contributed by atoms with E-state index in [2.05, 4.69) is 14.9 Å². The van der Waals surface area contributed by atoms with Gasteiger partial charge in [-0.05, 0) is 42.7 Å². The molecule has 1 saturated heterocycles. The number of fused-ring (bicyclic) bond motifs is 1. The second-order valence-corrected chi connectivity index (χ2v) is 8.30. The number of nitrogens with two attached hydrogens (primary N) is 1. The van der Waals surface area contributed by atoms with Crippen molar-refractivity contribution in [3.05, 3.63) is 54.1 Å². The van der Waals surface area contributed by atoms with Crippen LogP contribution < -0.4 is 15.4 Å². The van der Waals surface area contributed by atoms with Crippen LogP contribution in [0.3, 0.4) is 0 Å². The number of aromatic nitrogens is 3. The number of imidazole rings is 1. The maximum Gasteiger partial charge on any atom is 0.160 e. The fourth-order valence-corrected chi connectivity index (χ4v) is 4.41. The predicted octanol–water partition coefficient (Wildman–Crippen LogP) is 4.37. The highest BCUT2D eigenvalue weighted by molar-refractivity contribution is 6.04. The van der Waals surface area contributed by atoms with Gasteiger partial charge < -0.3 is 25.5 Å². The number of phenols is 1. The summed E-state index contributed by atoms with van der Waals surface area (Å²) in [6.07, 6.45) is 3.28. The van der Waals surface area contributed by atoms with Gasteiger partial charge in [-0.2, -0.15) is 5.26 Å². The second kappa shape index (κ2) is 9.78. The lowest BCUT2D eigenvalue weighted by atomic mass is 9.96. The number of aromatic amines is 1. The molecule has 3 heterocycles. The maximum absolute atomic E-state index is 14.6. The normalized spacial score (nSPS) is 13.9. The molecule has 2 aromatic carbocycles. The highest BCUT2D eigenvalue weighted by Gasteiger charge is 2.25. The highest BCUT2D eigenvalue weighted by Crippen LogP contribution is 2.42. The fourth-order valence-electron chi connectivity index (χ4n) is 4.41. The van der Waals surface area contributed by atoms with Crippen LogP contribution in [0.5, 0.6) is 11.5 Å². The van der Waals surface area contributed by atoms with Crippen LogP contribution in [0.1, 0.15) is 18.4 Å². The molecule has 0 unspecified atom stereocenters. The molecule has 0 spiro atoms. The average Bonchev–Trinajstić information content (AvgIpc) is 3.33. The van der Waals surface area contributed by atoms with Gasteiger partial charge in [-0.1, -0.05) is 12.1 Å². The van der Waals surface area contributed by atoms with E-state index in [9.17, 15) is 9.50 Å². The Balaban J connectivity index is 0.00000289. The molecule has 5 rings (SSSR count). The quantitative estimate of drug-likeness (QED) is 0.385. The minimum absolute atomic E-state index is 0. The molecule has 0 amide bonds. The van der Waals surface area contributed by atoms with Crippen molar-refractivity contribution in [2.45, 2.75) is 18.9 Å². The Labute approximate surface area is 207 Å². The molecule has 180 valence electrons. The third kappa shape index (κ3) is 4.34. The molecule has 2 aromatic heterocycles. The Morgan fingerprint density at radius 3 is 2.60 bits per heavy atom. The van der Waals surface area contributed by atoms with E-state index in [1.165, 1.54) is 19.2 Å². The number of nitrogens with zero attached hydrogens (tertiary/aromatic N) is 4. The van der Waals surface area contributed by atoms with E-state index in [1.54, 1.807) is 30.6 Å². The molecule has 1 aliphatic heterocycles. The largest absolute Gasteiger partial charge is 0.504 e. The molecule has 0 atom stereocenters. The predicted molar refractivity (Wildman–Crippen MR) is 134 cm³/mol. The zero-order chi connectivity index (χ0) is 23.8. The summed E-state index contributed by atoms with van der Waals surface area (Å²) in [7, 11) is 1.48. The Morgan fingerprint density at radius 1 is 1.20 bits per heavy atom. The summed E-state index contributed by atoms with van der Waals surface area (Å²) in [5.41, 5.74) is 9.73. The van der Waals surface area contributed by atoms with E-state index in [4.69, 9.17) is 20.7 Å². The first-order valence-electron chi connectivity index (χ1n) is 10.9. The summed E-state index contributed by atoms with van der Waals surface area (Å²) in [4.78, 5) is 14.9. The monoisotopic (exact) mass is 494 g/mol. The van der Waals surface area contributed by atoms with Gasteiger partial charge in [-0.15, -0.1) is 12.4 Å². The minimum atomic E-state index is -0.627. The van der Waals surface area contributed by atoms with Crippen molar-refractivity contribution in [3.63, 3.8) is 0 Å². The Hall–Kier alpha value is -3.87. The average molecular weight is 495 g/mol. The van der Waals surface area contributed by atoms with E-state index >= 15 is 0 Å². The summed E-state index contributed by atoms with van der Waals surface area (Å²) in [6, 6.07) is 11.5. The third-order valence-electron chi connectivity index (χ3n) is 6.22. The van der Waals surface area contributed by atoms with E-state index in [0.29, 0.717) is 39.5 Å². The zero-order valence-electron chi connectivity index (χ0n) is 19.0. The number of hydrogen-bond donors (Lipinski definition) is 3. The molecule has 1 fully saturated rings. The number of ether oxygens (including phenoxy) is 1. The van der Waals surface area contributed by atoms with Gasteiger partial charge in [0.25, 0.3) is 0 Å². The van der Waals surface area contributed by atoms with Gasteiger partial charge in [0.15, 0.2) is 17.3 Å². The smallest absolute Gasteiger partial charge is 0.160 e. The molecular formula is C25H24ClFN6O2. The number of hydrogen-bond acceptors (Lipinski definition) is 7. The number of H-pyrrole nitrogens is 1. The molecule has 0 saturated carbocycles. The first-order valence-corrected chi connectivity index (χ1v) is 10.9. The summed E-state index contributed by atoms with van der Waals surface area (Å²) < 4.78 is 19.8. The fraction of sp³-hybridized carbons (Fsp3) is 0.240. The van der Waals surface area contributed by atoms with Gasteiger partial charge in [0.1, 0.15) is 22.9 Å². The maximum atomic E-state index is 14.6. The van der Waals surface area contributed by atoms with Crippen LogP contribution in [0.15, 0.2) is 42.7 Å². The van der Waals surface area contributed by atoms with E-state index in [0.717, 1.165) is 31.4 Å². The number of nitriles is 1. The lowest BCUT2D eigenvalue weighted by Crippen LogP contribution is -2.40. The van der Waals surface area contributed by atoms with Crippen LogP contribution in [0.25, 0.3) is 33.4 Å². The molecule has 4 aromatic rings. The van der Waals surface area contributed by atoms with Crippen LogP contribution in [0.4, 0.5) is 10.2 Å². The lowest BCUT2D eigenvalue weighted by molar-refractivity contribution is 0.373. The SMILES string of the molecule is COc1ccc(-c2c(-c3ccc(C#N)c(F)c3)nc(N3CCC(N)CC3)c3[nH]cnc23)cc1O.Cl. The van der Waals surface area contributed by atoms with Crippen LogP contribution >= 0.6 is 12.4 Å². The number of aromatic hydroxyl groups is 1. The van der Waals surface area contributed by atoms with Crippen LogP contribution in [-0.4, -0.2) is 46.3 Å². The van der Waals surface area contributed by atoms with Crippen molar-refractivity contribution in [1.29, 1.82) is 5.26 Å². The van der Waals surface area contributed by atoms with Gasteiger partial charge >= 0.3 is 0 Å². The number of methoxy groups -OCH3 is 1. The first-order chi connectivity index (χ1) is 16.5. The number of rotatable bonds is 4. The van der Waals surface area contributed by atoms with Crippen molar-refractivity contribution >= 4 is 29.3 Å². The van der Waals surface area contributed by atoms with Crippen LogP contribution in [-0.2, 0) is 0 Å². The lowest BCUT2D eigenvalue weighted by Gasteiger charge is -2.32. The topological polar surface area (TPSA) is 124 Å². The number of pyridine rings is 1. The highest BCUT2D eigenvalue weighted by atomic mass is 35.5. The van der Waals surface area contributed by atoms with Gasteiger partial charge in [0, 0.05) is 30.3 Å². The van der Waals surface area contributed by atoms with Crippen molar-refractivity contribution < 1.29 is 14.2 Å².